The summed E-state index contributed by atoms with van der Waals surface area (Å²) in [6.07, 6.45) is 0. The average Bonchev–Trinajstić information content (AvgIpc) is 2.45. The van der Waals surface area contributed by atoms with Crippen molar-refractivity contribution in [3.63, 3.8) is 0 Å². The Hall–Kier alpha value is -2.29. The lowest BCUT2D eigenvalue weighted by Crippen LogP contribution is -2.20. The van der Waals surface area contributed by atoms with Crippen molar-refractivity contribution in [1.29, 1.82) is 0 Å². The number of carboxylic acids is 1. The lowest BCUT2D eigenvalue weighted by atomic mass is 9.86. The molecule has 1 atom stereocenters. The van der Waals surface area contributed by atoms with Crippen molar-refractivity contribution in [1.82, 2.24) is 0 Å². The van der Waals surface area contributed by atoms with Crippen molar-refractivity contribution >= 4 is 11.7 Å². The Morgan fingerprint density at radius 3 is 2.05 bits per heavy atom. The van der Waals surface area contributed by atoms with Crippen LogP contribution in [0.5, 0.6) is 0 Å². The quantitative estimate of drug-likeness (QED) is 0.883. The lowest BCUT2D eigenvalue weighted by Gasteiger charge is -2.21. The van der Waals surface area contributed by atoms with E-state index in [1.165, 1.54) is 5.56 Å². The molecule has 0 spiro atoms. The summed E-state index contributed by atoms with van der Waals surface area (Å²) in [5.74, 6) is -0.887. The average molecular weight is 283 g/mol. The number of hydrogen-bond acceptors (Lipinski definition) is 2. The molecule has 1 unspecified atom stereocenters. The molecule has 0 aliphatic heterocycles. The molecule has 0 radical (unpaired) electrons. The highest BCUT2D eigenvalue weighted by atomic mass is 16.4. The molecule has 2 aromatic rings. The predicted octanol–water partition coefficient (Wildman–Crippen LogP) is 4.22. The van der Waals surface area contributed by atoms with Crippen LogP contribution >= 0.6 is 0 Å². The summed E-state index contributed by atoms with van der Waals surface area (Å²) in [6, 6.07) is 16.4. The summed E-state index contributed by atoms with van der Waals surface area (Å²) in [6.45, 7) is 6.41. The number of rotatable bonds is 4. The van der Waals surface area contributed by atoms with Crippen LogP contribution in [-0.2, 0) is 10.2 Å². The van der Waals surface area contributed by atoms with E-state index in [9.17, 15) is 9.90 Å². The molecule has 0 amide bonds. The molecule has 0 heterocycles. The second kappa shape index (κ2) is 6.00. The fourth-order valence-electron chi connectivity index (χ4n) is 2.16. The van der Waals surface area contributed by atoms with E-state index >= 15 is 0 Å². The number of aliphatic carboxylic acids is 1. The Bertz CT molecular complexity index is 597. The fraction of sp³-hybridized carbons (Fsp3) is 0.278. The number of nitrogens with one attached hydrogen (secondary N) is 1. The van der Waals surface area contributed by atoms with Gasteiger partial charge in [0.05, 0.1) is 0 Å². The second-order valence-corrected chi connectivity index (χ2v) is 6.15. The maximum absolute atomic E-state index is 11.5. The van der Waals surface area contributed by atoms with Gasteiger partial charge in [-0.1, -0.05) is 63.2 Å². The van der Waals surface area contributed by atoms with E-state index in [0.29, 0.717) is 0 Å². The number of carboxylic acid groups (broad SMARTS) is 1. The van der Waals surface area contributed by atoms with E-state index in [2.05, 4.69) is 26.1 Å². The minimum absolute atomic E-state index is 0.0596. The van der Waals surface area contributed by atoms with Crippen LogP contribution in [0.3, 0.4) is 0 Å². The van der Waals surface area contributed by atoms with Crippen LogP contribution < -0.4 is 5.32 Å². The largest absolute Gasteiger partial charge is 0.479 e. The molecule has 0 aliphatic rings. The zero-order valence-electron chi connectivity index (χ0n) is 12.6. The summed E-state index contributed by atoms with van der Waals surface area (Å²) < 4.78 is 0. The first-order valence-electron chi connectivity index (χ1n) is 7.03. The molecular weight excluding hydrogens is 262 g/mol. The van der Waals surface area contributed by atoms with Gasteiger partial charge in [0.2, 0.25) is 0 Å². The van der Waals surface area contributed by atoms with Gasteiger partial charge in [0.1, 0.15) is 0 Å². The van der Waals surface area contributed by atoms with Gasteiger partial charge in [-0.3, -0.25) is 0 Å². The minimum atomic E-state index is -0.887. The van der Waals surface area contributed by atoms with Gasteiger partial charge < -0.3 is 10.4 Å². The van der Waals surface area contributed by atoms with E-state index in [1.807, 2.05) is 54.6 Å². The SMILES string of the molecule is CC(C)(C)c1ccc(C(Nc2ccccc2)C(=O)O)cc1. The molecular formula is C18H21NO2. The third-order valence-electron chi connectivity index (χ3n) is 3.44. The van der Waals surface area contributed by atoms with Crippen molar-refractivity contribution in [2.75, 3.05) is 5.32 Å². The van der Waals surface area contributed by atoms with Gasteiger partial charge in [-0.05, 0) is 28.7 Å². The first-order chi connectivity index (χ1) is 9.88. The summed E-state index contributed by atoms with van der Waals surface area (Å²) in [5.41, 5.74) is 2.80. The topological polar surface area (TPSA) is 49.3 Å². The van der Waals surface area contributed by atoms with Crippen LogP contribution in [0, 0.1) is 0 Å². The second-order valence-electron chi connectivity index (χ2n) is 6.15. The molecule has 0 saturated heterocycles. The van der Waals surface area contributed by atoms with Crippen molar-refractivity contribution in [3.8, 4) is 0 Å². The Balaban J connectivity index is 2.25. The molecule has 0 bridgehead atoms. The smallest absolute Gasteiger partial charge is 0.330 e. The number of benzene rings is 2. The zero-order chi connectivity index (χ0) is 15.5. The summed E-state index contributed by atoms with van der Waals surface area (Å²) in [4.78, 5) is 11.5. The molecule has 0 fully saturated rings. The first-order valence-corrected chi connectivity index (χ1v) is 7.03. The van der Waals surface area contributed by atoms with E-state index in [0.717, 1.165) is 11.3 Å². The predicted molar refractivity (Wildman–Crippen MR) is 85.6 cm³/mol. The highest BCUT2D eigenvalue weighted by Gasteiger charge is 2.20. The number of carbonyl (C=O) groups is 1. The van der Waals surface area contributed by atoms with Crippen molar-refractivity contribution in [2.24, 2.45) is 0 Å². The molecule has 2 N–H and O–H groups in total. The molecule has 3 nitrogen and oxygen atoms in total. The molecule has 110 valence electrons. The number of para-hydroxylation sites is 1. The van der Waals surface area contributed by atoms with Crippen LogP contribution in [0.4, 0.5) is 5.69 Å². The molecule has 3 heteroatoms. The van der Waals surface area contributed by atoms with Gasteiger partial charge in [0.25, 0.3) is 0 Å². The molecule has 0 aliphatic carbocycles. The molecule has 0 aromatic heterocycles. The maximum atomic E-state index is 11.5. The standard InChI is InChI=1S/C18H21NO2/c1-18(2,3)14-11-9-13(10-12-14)16(17(20)21)19-15-7-5-4-6-8-15/h4-12,16,19H,1-3H3,(H,20,21). The lowest BCUT2D eigenvalue weighted by molar-refractivity contribution is -0.138. The van der Waals surface area contributed by atoms with E-state index in [-0.39, 0.29) is 5.41 Å². The highest BCUT2D eigenvalue weighted by molar-refractivity contribution is 5.79. The van der Waals surface area contributed by atoms with Crippen LogP contribution in [0.1, 0.15) is 37.9 Å². The van der Waals surface area contributed by atoms with Gasteiger partial charge in [-0.2, -0.15) is 0 Å². The van der Waals surface area contributed by atoms with Gasteiger partial charge in [0, 0.05) is 5.69 Å². The summed E-state index contributed by atoms with van der Waals surface area (Å²) in [5, 5.41) is 12.5. The number of hydrogen-bond donors (Lipinski definition) is 2. The summed E-state index contributed by atoms with van der Waals surface area (Å²) >= 11 is 0. The van der Waals surface area contributed by atoms with Crippen molar-refractivity contribution in [3.05, 3.63) is 65.7 Å². The first kappa shape index (κ1) is 15.1. The monoisotopic (exact) mass is 283 g/mol. The van der Waals surface area contributed by atoms with Crippen LogP contribution in [0.2, 0.25) is 0 Å². The molecule has 2 aromatic carbocycles. The molecule has 2 rings (SSSR count). The van der Waals surface area contributed by atoms with E-state index in [1.54, 1.807) is 0 Å². The number of anilines is 1. The van der Waals surface area contributed by atoms with E-state index < -0.39 is 12.0 Å². The third kappa shape index (κ3) is 3.85. The molecule has 21 heavy (non-hydrogen) atoms. The Morgan fingerprint density at radius 2 is 1.57 bits per heavy atom. The van der Waals surface area contributed by atoms with Crippen molar-refractivity contribution < 1.29 is 9.90 Å². The fourth-order valence-corrected chi connectivity index (χ4v) is 2.16. The van der Waals surface area contributed by atoms with Crippen molar-refractivity contribution in [2.45, 2.75) is 32.2 Å². The Kier molecular flexibility index (Phi) is 4.32. The minimum Gasteiger partial charge on any atom is -0.479 e. The van der Waals surface area contributed by atoms with Crippen LogP contribution in [-0.4, -0.2) is 11.1 Å². The normalized spacial score (nSPS) is 12.7. The van der Waals surface area contributed by atoms with Gasteiger partial charge >= 0.3 is 5.97 Å². The zero-order valence-corrected chi connectivity index (χ0v) is 12.6. The van der Waals surface area contributed by atoms with E-state index in [4.69, 9.17) is 0 Å². The van der Waals surface area contributed by atoms with Crippen LogP contribution in [0.15, 0.2) is 54.6 Å². The summed E-state index contributed by atoms with van der Waals surface area (Å²) in [7, 11) is 0. The highest BCUT2D eigenvalue weighted by Crippen LogP contribution is 2.25. The Labute approximate surface area is 125 Å². The van der Waals surface area contributed by atoms with Gasteiger partial charge in [-0.15, -0.1) is 0 Å². The molecule has 0 saturated carbocycles. The van der Waals surface area contributed by atoms with Crippen LogP contribution in [0.25, 0.3) is 0 Å². The van der Waals surface area contributed by atoms with Gasteiger partial charge in [0.15, 0.2) is 6.04 Å². The Morgan fingerprint density at radius 1 is 1.00 bits per heavy atom. The van der Waals surface area contributed by atoms with Gasteiger partial charge in [-0.25, -0.2) is 4.79 Å². The maximum Gasteiger partial charge on any atom is 0.330 e. The third-order valence-corrected chi connectivity index (χ3v) is 3.44.